The highest BCUT2D eigenvalue weighted by Crippen LogP contribution is 2.19. The van der Waals surface area contributed by atoms with Crippen LogP contribution in [0.3, 0.4) is 0 Å². The van der Waals surface area contributed by atoms with Crippen molar-refractivity contribution in [3.8, 4) is 0 Å². The average molecular weight is 283 g/mol. The van der Waals surface area contributed by atoms with Gasteiger partial charge in [0.2, 0.25) is 0 Å². The van der Waals surface area contributed by atoms with E-state index in [1.165, 1.54) is 11.3 Å². The van der Waals surface area contributed by atoms with Crippen LogP contribution in [0.1, 0.15) is 19.7 Å². The van der Waals surface area contributed by atoms with Gasteiger partial charge in [0.05, 0.1) is 12.1 Å². The first-order chi connectivity index (χ1) is 8.52. The standard InChI is InChI=1S/C12H17N3OS2/c1-12(2,17-3)7-13-6-9-14-8-4-5-18-10(8)11(16)15-9/h4-5,13H,6-7H2,1-3H3,(H,14,15,16). The molecule has 0 aliphatic carbocycles. The summed E-state index contributed by atoms with van der Waals surface area (Å²) in [5.41, 5.74) is 0.737. The van der Waals surface area contributed by atoms with Crippen molar-refractivity contribution in [2.45, 2.75) is 25.1 Å². The fourth-order valence-corrected chi connectivity index (χ4v) is 2.53. The SMILES string of the molecule is CSC(C)(C)CNCc1nc2ccsc2c(=O)[nH]1. The van der Waals surface area contributed by atoms with Gasteiger partial charge in [-0.2, -0.15) is 11.8 Å². The Labute approximate surface area is 114 Å². The highest BCUT2D eigenvalue weighted by molar-refractivity contribution is 7.99. The predicted molar refractivity (Wildman–Crippen MR) is 79.5 cm³/mol. The molecule has 0 aromatic carbocycles. The van der Waals surface area contributed by atoms with Gasteiger partial charge in [-0.3, -0.25) is 4.79 Å². The Morgan fingerprint density at radius 3 is 3.06 bits per heavy atom. The van der Waals surface area contributed by atoms with E-state index in [0.29, 0.717) is 17.1 Å². The van der Waals surface area contributed by atoms with Gasteiger partial charge in [-0.05, 0) is 31.5 Å². The number of aromatic nitrogens is 2. The fraction of sp³-hybridized carbons (Fsp3) is 0.500. The molecule has 0 spiro atoms. The van der Waals surface area contributed by atoms with Crippen molar-refractivity contribution in [3.63, 3.8) is 0 Å². The van der Waals surface area contributed by atoms with Gasteiger partial charge in [0.25, 0.3) is 5.56 Å². The summed E-state index contributed by atoms with van der Waals surface area (Å²) in [4.78, 5) is 19.0. The Kier molecular flexibility index (Phi) is 4.09. The van der Waals surface area contributed by atoms with E-state index in [4.69, 9.17) is 0 Å². The first-order valence-corrected chi connectivity index (χ1v) is 7.84. The van der Waals surface area contributed by atoms with E-state index in [9.17, 15) is 4.79 Å². The van der Waals surface area contributed by atoms with Crippen LogP contribution in [0.25, 0.3) is 10.2 Å². The maximum absolute atomic E-state index is 11.8. The number of thiophene rings is 1. The number of hydrogen-bond acceptors (Lipinski definition) is 5. The molecule has 0 fully saturated rings. The number of fused-ring (bicyclic) bond motifs is 1. The molecule has 0 aliphatic rings. The van der Waals surface area contributed by atoms with Crippen molar-refractivity contribution >= 4 is 33.3 Å². The predicted octanol–water partition coefficient (Wildman–Crippen LogP) is 2.22. The number of thioether (sulfide) groups is 1. The van der Waals surface area contributed by atoms with E-state index in [1.807, 2.05) is 23.2 Å². The summed E-state index contributed by atoms with van der Waals surface area (Å²) in [6.45, 7) is 5.83. The van der Waals surface area contributed by atoms with Crippen molar-refractivity contribution in [2.75, 3.05) is 12.8 Å². The number of hydrogen-bond donors (Lipinski definition) is 2. The van der Waals surface area contributed by atoms with Crippen molar-refractivity contribution in [2.24, 2.45) is 0 Å². The number of aromatic amines is 1. The number of rotatable bonds is 5. The van der Waals surface area contributed by atoms with E-state index in [-0.39, 0.29) is 10.3 Å². The maximum atomic E-state index is 11.8. The monoisotopic (exact) mass is 283 g/mol. The van der Waals surface area contributed by atoms with Crippen LogP contribution in [0, 0.1) is 0 Å². The summed E-state index contributed by atoms with van der Waals surface area (Å²) in [6.07, 6.45) is 2.10. The third-order valence-electron chi connectivity index (χ3n) is 2.76. The second-order valence-corrected chi connectivity index (χ2v) is 7.14. The van der Waals surface area contributed by atoms with E-state index in [2.05, 4.69) is 35.4 Å². The molecule has 98 valence electrons. The van der Waals surface area contributed by atoms with Crippen LogP contribution in [0.4, 0.5) is 0 Å². The lowest BCUT2D eigenvalue weighted by Crippen LogP contribution is -2.32. The van der Waals surface area contributed by atoms with Gasteiger partial charge in [-0.25, -0.2) is 4.98 Å². The first-order valence-electron chi connectivity index (χ1n) is 5.74. The zero-order valence-corrected chi connectivity index (χ0v) is 12.4. The summed E-state index contributed by atoms with van der Waals surface area (Å²) in [6, 6.07) is 1.88. The zero-order valence-electron chi connectivity index (χ0n) is 10.7. The first kappa shape index (κ1) is 13.6. The second kappa shape index (κ2) is 5.42. The van der Waals surface area contributed by atoms with Crippen LogP contribution in [-0.4, -0.2) is 27.5 Å². The molecule has 0 atom stereocenters. The molecule has 0 saturated carbocycles. The lowest BCUT2D eigenvalue weighted by molar-refractivity contribution is 0.578. The van der Waals surface area contributed by atoms with Crippen LogP contribution < -0.4 is 10.9 Å². The molecule has 0 radical (unpaired) electrons. The van der Waals surface area contributed by atoms with Crippen molar-refractivity contribution < 1.29 is 0 Å². The van der Waals surface area contributed by atoms with Crippen LogP contribution >= 0.6 is 23.1 Å². The Hall–Kier alpha value is -0.850. The van der Waals surface area contributed by atoms with Gasteiger partial charge in [-0.1, -0.05) is 0 Å². The maximum Gasteiger partial charge on any atom is 0.268 e. The van der Waals surface area contributed by atoms with E-state index in [1.54, 1.807) is 0 Å². The molecule has 0 saturated heterocycles. The smallest absolute Gasteiger partial charge is 0.268 e. The van der Waals surface area contributed by atoms with E-state index >= 15 is 0 Å². The second-order valence-electron chi connectivity index (χ2n) is 4.71. The molecular weight excluding hydrogens is 266 g/mol. The molecule has 0 unspecified atom stereocenters. The summed E-state index contributed by atoms with van der Waals surface area (Å²) < 4.78 is 0.885. The Bertz CT molecular complexity index is 588. The molecule has 2 aromatic rings. The van der Waals surface area contributed by atoms with E-state index in [0.717, 1.165) is 12.1 Å². The Morgan fingerprint density at radius 1 is 1.56 bits per heavy atom. The number of nitrogens with zero attached hydrogens (tertiary/aromatic N) is 1. The normalized spacial score (nSPS) is 12.2. The van der Waals surface area contributed by atoms with Crippen molar-refractivity contribution in [3.05, 3.63) is 27.6 Å². The van der Waals surface area contributed by atoms with Crippen LogP contribution in [0.15, 0.2) is 16.2 Å². The summed E-state index contributed by atoms with van der Waals surface area (Å²) in [5, 5.41) is 5.22. The van der Waals surface area contributed by atoms with Gasteiger partial charge >= 0.3 is 0 Å². The molecule has 2 rings (SSSR count). The lowest BCUT2D eigenvalue weighted by Gasteiger charge is -2.22. The van der Waals surface area contributed by atoms with Gasteiger partial charge in [0.15, 0.2) is 0 Å². The minimum atomic E-state index is -0.0454. The molecule has 18 heavy (non-hydrogen) atoms. The molecule has 2 N–H and O–H groups in total. The molecular formula is C12H17N3OS2. The Balaban J connectivity index is 2.06. The topological polar surface area (TPSA) is 57.8 Å². The highest BCUT2D eigenvalue weighted by atomic mass is 32.2. The molecule has 0 amide bonds. The third kappa shape index (κ3) is 3.13. The summed E-state index contributed by atoms with van der Waals surface area (Å²) in [5.74, 6) is 0.697. The Morgan fingerprint density at radius 2 is 2.33 bits per heavy atom. The summed E-state index contributed by atoms with van der Waals surface area (Å²) >= 11 is 3.24. The molecule has 2 heterocycles. The van der Waals surface area contributed by atoms with Gasteiger partial charge in [-0.15, -0.1) is 11.3 Å². The van der Waals surface area contributed by atoms with Crippen LogP contribution in [0.2, 0.25) is 0 Å². The molecule has 6 heteroatoms. The summed E-state index contributed by atoms with van der Waals surface area (Å²) in [7, 11) is 0. The zero-order chi connectivity index (χ0) is 13.2. The molecule has 0 aliphatic heterocycles. The molecule has 2 aromatic heterocycles. The number of H-pyrrole nitrogens is 1. The molecule has 4 nitrogen and oxygen atoms in total. The third-order valence-corrected chi connectivity index (χ3v) is 4.91. The van der Waals surface area contributed by atoms with Crippen molar-refractivity contribution in [1.82, 2.24) is 15.3 Å². The lowest BCUT2D eigenvalue weighted by atomic mass is 10.2. The van der Waals surface area contributed by atoms with Gasteiger partial charge in [0, 0.05) is 11.3 Å². The average Bonchev–Trinajstić information content (AvgIpc) is 2.77. The van der Waals surface area contributed by atoms with Crippen LogP contribution in [-0.2, 0) is 6.54 Å². The highest BCUT2D eigenvalue weighted by Gasteiger charge is 2.15. The van der Waals surface area contributed by atoms with Crippen LogP contribution in [0.5, 0.6) is 0 Å². The van der Waals surface area contributed by atoms with Crippen molar-refractivity contribution in [1.29, 1.82) is 0 Å². The largest absolute Gasteiger partial charge is 0.309 e. The van der Waals surface area contributed by atoms with Gasteiger partial charge < -0.3 is 10.3 Å². The van der Waals surface area contributed by atoms with Gasteiger partial charge in [0.1, 0.15) is 10.5 Å². The van der Waals surface area contributed by atoms with E-state index < -0.39 is 0 Å². The number of nitrogens with one attached hydrogen (secondary N) is 2. The quantitative estimate of drug-likeness (QED) is 0.883. The molecule has 0 bridgehead atoms. The fourth-order valence-electron chi connectivity index (χ4n) is 1.56. The minimum Gasteiger partial charge on any atom is -0.309 e. The minimum absolute atomic E-state index is 0.0454.